The van der Waals surface area contributed by atoms with Crippen molar-refractivity contribution >= 4 is 33.4 Å². The zero-order valence-electron chi connectivity index (χ0n) is 19.6. The predicted octanol–water partition coefficient (Wildman–Crippen LogP) is 6.00. The van der Waals surface area contributed by atoms with Crippen molar-refractivity contribution in [1.82, 2.24) is 5.32 Å². The van der Waals surface area contributed by atoms with Gasteiger partial charge in [0, 0.05) is 12.0 Å². The van der Waals surface area contributed by atoms with E-state index in [4.69, 9.17) is 4.74 Å². The van der Waals surface area contributed by atoms with Crippen LogP contribution in [0.2, 0.25) is 0 Å². The van der Waals surface area contributed by atoms with Crippen molar-refractivity contribution in [2.75, 3.05) is 0 Å². The molecule has 178 valence electrons. The normalized spacial score (nSPS) is 11.8. The molecule has 0 radical (unpaired) electrons. The van der Waals surface area contributed by atoms with Gasteiger partial charge in [-0.15, -0.1) is 0 Å². The quantitative estimate of drug-likeness (QED) is 0.289. The van der Waals surface area contributed by atoms with E-state index in [9.17, 15) is 14.7 Å². The zero-order chi connectivity index (χ0) is 24.9. The lowest BCUT2D eigenvalue weighted by molar-refractivity contribution is -0.139. The number of aliphatic carboxylic acids is 1. The van der Waals surface area contributed by atoms with Gasteiger partial charge in [-0.25, -0.2) is 4.79 Å². The topological polar surface area (TPSA) is 75.6 Å². The van der Waals surface area contributed by atoms with Gasteiger partial charge in [-0.05, 0) is 56.9 Å². The number of carboxylic acids is 1. The smallest absolute Gasteiger partial charge is 0.326 e. The maximum Gasteiger partial charge on any atom is 0.326 e. The van der Waals surface area contributed by atoms with Gasteiger partial charge in [0.15, 0.2) is 0 Å². The van der Waals surface area contributed by atoms with Crippen LogP contribution in [0.25, 0.3) is 21.5 Å². The molecule has 0 spiro atoms. The molecule has 0 fully saturated rings. The Kier molecular flexibility index (Phi) is 6.63. The number of nitrogens with one attached hydrogen (secondary N) is 1. The summed E-state index contributed by atoms with van der Waals surface area (Å²) >= 11 is 0. The Morgan fingerprint density at radius 3 is 2.17 bits per heavy atom. The van der Waals surface area contributed by atoms with Crippen molar-refractivity contribution in [2.45, 2.75) is 19.1 Å². The third-order valence-corrected chi connectivity index (χ3v) is 6.18. The van der Waals surface area contributed by atoms with E-state index in [-0.39, 0.29) is 6.42 Å². The number of hydrogen-bond acceptors (Lipinski definition) is 3. The first-order valence-electron chi connectivity index (χ1n) is 11.8. The second-order valence-electron chi connectivity index (χ2n) is 8.75. The largest absolute Gasteiger partial charge is 0.489 e. The minimum Gasteiger partial charge on any atom is -0.489 e. The highest BCUT2D eigenvalue weighted by atomic mass is 16.5. The summed E-state index contributed by atoms with van der Waals surface area (Å²) in [5, 5.41) is 16.4. The molecule has 1 atom stereocenters. The van der Waals surface area contributed by atoms with Gasteiger partial charge in [-0.1, -0.05) is 84.9 Å². The summed E-state index contributed by atoms with van der Waals surface area (Å²) < 4.78 is 5.90. The van der Waals surface area contributed by atoms with Gasteiger partial charge in [-0.3, -0.25) is 4.79 Å². The van der Waals surface area contributed by atoms with Crippen LogP contribution in [0.15, 0.2) is 109 Å². The minimum absolute atomic E-state index is 0.196. The average molecular weight is 476 g/mol. The molecule has 5 aromatic rings. The molecule has 5 heteroatoms. The van der Waals surface area contributed by atoms with Gasteiger partial charge in [0.1, 0.15) is 18.4 Å². The molecule has 0 saturated heterocycles. The number of fused-ring (bicyclic) bond motifs is 2. The number of carbonyl (C=O) groups is 2. The van der Waals surface area contributed by atoms with Crippen LogP contribution in [-0.2, 0) is 17.8 Å². The maximum atomic E-state index is 12.9. The first-order chi connectivity index (χ1) is 17.5. The standard InChI is InChI=1S/C31H25NO4/c33-30(32-29(31(34)35)17-22-10-11-23-8-4-5-9-24(23)16-22)27-13-12-26-19-28(15-14-25(26)18-27)36-20-21-6-2-1-3-7-21/h1-16,18-19,29H,17,20H2,(H,32,33)(H,34,35). The summed E-state index contributed by atoms with van der Waals surface area (Å²) in [6.07, 6.45) is 0.196. The van der Waals surface area contributed by atoms with Crippen molar-refractivity contribution in [3.63, 3.8) is 0 Å². The van der Waals surface area contributed by atoms with E-state index < -0.39 is 17.9 Å². The van der Waals surface area contributed by atoms with E-state index in [0.717, 1.165) is 38.4 Å². The molecule has 0 bridgehead atoms. The van der Waals surface area contributed by atoms with Gasteiger partial charge in [-0.2, -0.15) is 0 Å². The van der Waals surface area contributed by atoms with Crippen LogP contribution < -0.4 is 10.1 Å². The van der Waals surface area contributed by atoms with Gasteiger partial charge in [0.05, 0.1) is 0 Å². The van der Waals surface area contributed by atoms with E-state index in [0.29, 0.717) is 12.2 Å². The highest BCUT2D eigenvalue weighted by Gasteiger charge is 2.21. The molecular formula is C31H25NO4. The fraction of sp³-hybridized carbons (Fsp3) is 0.0968. The molecule has 0 aliphatic rings. The average Bonchev–Trinajstić information content (AvgIpc) is 2.91. The molecule has 0 saturated carbocycles. The van der Waals surface area contributed by atoms with E-state index in [1.807, 2.05) is 97.1 Å². The van der Waals surface area contributed by atoms with Crippen molar-refractivity contribution in [1.29, 1.82) is 0 Å². The highest BCUT2D eigenvalue weighted by Crippen LogP contribution is 2.23. The monoisotopic (exact) mass is 475 g/mol. The van der Waals surface area contributed by atoms with Gasteiger partial charge in [0.25, 0.3) is 5.91 Å². The lowest BCUT2D eigenvalue weighted by Crippen LogP contribution is -2.42. The lowest BCUT2D eigenvalue weighted by Gasteiger charge is -2.15. The summed E-state index contributed by atoms with van der Waals surface area (Å²) in [4.78, 5) is 24.9. The Hall–Kier alpha value is -4.64. The summed E-state index contributed by atoms with van der Waals surface area (Å²) in [5.41, 5.74) is 2.34. The Balaban J connectivity index is 1.28. The molecule has 5 aromatic carbocycles. The summed E-state index contributed by atoms with van der Waals surface area (Å²) in [6.45, 7) is 0.473. The third kappa shape index (κ3) is 5.36. The molecule has 0 aliphatic carbocycles. The number of carboxylic acid groups (broad SMARTS) is 1. The molecule has 36 heavy (non-hydrogen) atoms. The Labute approximate surface area is 209 Å². The van der Waals surface area contributed by atoms with Crippen LogP contribution >= 0.6 is 0 Å². The van der Waals surface area contributed by atoms with E-state index in [2.05, 4.69) is 5.32 Å². The lowest BCUT2D eigenvalue weighted by atomic mass is 10.0. The van der Waals surface area contributed by atoms with E-state index >= 15 is 0 Å². The zero-order valence-corrected chi connectivity index (χ0v) is 19.6. The minimum atomic E-state index is -1.07. The first-order valence-corrected chi connectivity index (χ1v) is 11.8. The maximum absolute atomic E-state index is 12.9. The Bertz CT molecular complexity index is 1540. The fourth-order valence-corrected chi connectivity index (χ4v) is 4.24. The fourth-order valence-electron chi connectivity index (χ4n) is 4.24. The molecular weight excluding hydrogens is 450 g/mol. The summed E-state index contributed by atoms with van der Waals surface area (Å²) in [5.74, 6) is -0.753. The third-order valence-electron chi connectivity index (χ3n) is 6.18. The number of ether oxygens (including phenoxy) is 1. The molecule has 2 N–H and O–H groups in total. The number of hydrogen-bond donors (Lipinski definition) is 2. The second kappa shape index (κ2) is 10.3. The molecule has 0 aliphatic heterocycles. The molecule has 5 rings (SSSR count). The van der Waals surface area contributed by atoms with Crippen LogP contribution in [0.1, 0.15) is 21.5 Å². The Morgan fingerprint density at radius 2 is 1.36 bits per heavy atom. The highest BCUT2D eigenvalue weighted by molar-refractivity contribution is 6.00. The molecule has 1 unspecified atom stereocenters. The van der Waals surface area contributed by atoms with Gasteiger partial charge >= 0.3 is 5.97 Å². The summed E-state index contributed by atoms with van der Waals surface area (Å²) in [6, 6.07) is 33.6. The predicted molar refractivity (Wildman–Crippen MR) is 141 cm³/mol. The van der Waals surface area contributed by atoms with Gasteiger partial charge < -0.3 is 15.2 Å². The summed E-state index contributed by atoms with van der Waals surface area (Å²) in [7, 11) is 0. The van der Waals surface area contributed by atoms with Crippen LogP contribution in [0.3, 0.4) is 0 Å². The SMILES string of the molecule is O=C(NC(Cc1ccc2ccccc2c1)C(=O)O)c1ccc2cc(OCc3ccccc3)ccc2c1. The number of amides is 1. The number of benzene rings is 5. The van der Waals surface area contributed by atoms with E-state index in [1.54, 1.807) is 12.1 Å². The van der Waals surface area contributed by atoms with Crippen LogP contribution in [0.4, 0.5) is 0 Å². The van der Waals surface area contributed by atoms with Crippen LogP contribution in [-0.4, -0.2) is 23.0 Å². The number of rotatable bonds is 8. The first kappa shape index (κ1) is 23.1. The Morgan fingerprint density at radius 1 is 0.694 bits per heavy atom. The van der Waals surface area contributed by atoms with Crippen LogP contribution in [0.5, 0.6) is 5.75 Å². The van der Waals surface area contributed by atoms with E-state index in [1.165, 1.54) is 0 Å². The number of carbonyl (C=O) groups excluding carboxylic acids is 1. The van der Waals surface area contributed by atoms with Crippen molar-refractivity contribution < 1.29 is 19.4 Å². The molecule has 0 heterocycles. The van der Waals surface area contributed by atoms with Crippen molar-refractivity contribution in [3.8, 4) is 5.75 Å². The second-order valence-corrected chi connectivity index (χ2v) is 8.75. The molecule has 5 nitrogen and oxygen atoms in total. The van der Waals surface area contributed by atoms with Crippen molar-refractivity contribution in [2.24, 2.45) is 0 Å². The molecule has 1 amide bonds. The van der Waals surface area contributed by atoms with Crippen LogP contribution in [0, 0.1) is 0 Å². The van der Waals surface area contributed by atoms with Gasteiger partial charge in [0.2, 0.25) is 0 Å². The molecule has 0 aromatic heterocycles. The van der Waals surface area contributed by atoms with Crippen molar-refractivity contribution in [3.05, 3.63) is 126 Å².